The number of alkyl halides is 3. The summed E-state index contributed by atoms with van der Waals surface area (Å²) in [6.45, 7) is 0. The molecule has 1 fully saturated rings. The highest BCUT2D eigenvalue weighted by atomic mass is 19.4. The van der Waals surface area contributed by atoms with Crippen LogP contribution in [-0.2, 0) is 0 Å². The van der Waals surface area contributed by atoms with Crippen LogP contribution < -0.4 is 16.0 Å². The zero-order valence-corrected chi connectivity index (χ0v) is 11.7. The first-order valence-corrected chi connectivity index (χ1v) is 6.86. The Balaban J connectivity index is 2.34. The van der Waals surface area contributed by atoms with Crippen molar-refractivity contribution in [3.05, 3.63) is 18.1 Å². The van der Waals surface area contributed by atoms with Crippen LogP contribution in [0.1, 0.15) is 37.4 Å². The van der Waals surface area contributed by atoms with Crippen molar-refractivity contribution in [3.63, 3.8) is 0 Å². The smallest absolute Gasteiger partial charge is 0.392 e. The molecule has 3 unspecified atom stereocenters. The van der Waals surface area contributed by atoms with Crippen LogP contribution in [0, 0.1) is 11.8 Å². The number of hydrogen-bond acceptors (Lipinski definition) is 5. The van der Waals surface area contributed by atoms with Gasteiger partial charge in [-0.05, 0) is 18.8 Å². The minimum absolute atomic E-state index is 0.120. The number of nitrogens with two attached hydrogens (primary N) is 1. The van der Waals surface area contributed by atoms with E-state index in [0.29, 0.717) is 18.5 Å². The Hall–Kier alpha value is -1.41. The second-order valence-corrected chi connectivity index (χ2v) is 5.19. The number of aromatic nitrogens is 2. The van der Waals surface area contributed by atoms with Crippen LogP contribution in [-0.4, -0.2) is 23.3 Å². The van der Waals surface area contributed by atoms with Crippen molar-refractivity contribution in [1.82, 2.24) is 15.4 Å². The van der Waals surface area contributed by atoms with Crippen LogP contribution in [0.4, 0.5) is 13.2 Å². The van der Waals surface area contributed by atoms with Crippen LogP contribution >= 0.6 is 0 Å². The molecule has 0 spiro atoms. The summed E-state index contributed by atoms with van der Waals surface area (Å²) in [4.78, 5) is 8.10. The number of rotatable bonds is 4. The summed E-state index contributed by atoms with van der Waals surface area (Å²) in [6.07, 6.45) is 0.503. The zero-order chi connectivity index (χ0) is 15.5. The average molecular weight is 304 g/mol. The predicted octanol–water partition coefficient (Wildman–Crippen LogP) is 2.36. The normalized spacial score (nSPS) is 24.6. The molecule has 1 aliphatic carbocycles. The SMILES string of the molecule is COc1nccnc1C(NN)C1CCCCC1C(F)(F)F. The number of methoxy groups -OCH3 is 1. The molecule has 1 heterocycles. The highest BCUT2D eigenvalue weighted by molar-refractivity contribution is 5.22. The van der Waals surface area contributed by atoms with Crippen molar-refractivity contribution in [2.24, 2.45) is 17.7 Å². The summed E-state index contributed by atoms with van der Waals surface area (Å²) < 4.78 is 44.8. The van der Waals surface area contributed by atoms with Gasteiger partial charge in [-0.25, -0.2) is 4.98 Å². The second-order valence-electron chi connectivity index (χ2n) is 5.19. The lowest BCUT2D eigenvalue weighted by Crippen LogP contribution is -2.43. The van der Waals surface area contributed by atoms with Crippen LogP contribution in [0.2, 0.25) is 0 Å². The molecular formula is C13H19F3N4O. The number of hydrogen-bond donors (Lipinski definition) is 2. The van der Waals surface area contributed by atoms with Gasteiger partial charge in [0, 0.05) is 12.4 Å². The molecular weight excluding hydrogens is 285 g/mol. The van der Waals surface area contributed by atoms with Crippen LogP contribution in [0.5, 0.6) is 5.88 Å². The van der Waals surface area contributed by atoms with Gasteiger partial charge in [0.05, 0.1) is 19.1 Å². The summed E-state index contributed by atoms with van der Waals surface area (Å²) in [7, 11) is 1.41. The van der Waals surface area contributed by atoms with Gasteiger partial charge < -0.3 is 4.74 Å². The Kier molecular flexibility index (Phi) is 5.00. The number of nitrogens with zero attached hydrogens (tertiary/aromatic N) is 2. The molecule has 5 nitrogen and oxygen atoms in total. The number of hydrazine groups is 1. The van der Waals surface area contributed by atoms with Crippen molar-refractivity contribution in [2.45, 2.75) is 37.9 Å². The molecule has 0 aliphatic heterocycles. The van der Waals surface area contributed by atoms with E-state index < -0.39 is 24.1 Å². The van der Waals surface area contributed by atoms with E-state index in [1.807, 2.05) is 0 Å². The van der Waals surface area contributed by atoms with Crippen molar-refractivity contribution in [2.75, 3.05) is 7.11 Å². The summed E-state index contributed by atoms with van der Waals surface area (Å²) in [6, 6.07) is -0.736. The van der Waals surface area contributed by atoms with Gasteiger partial charge in [0.2, 0.25) is 5.88 Å². The van der Waals surface area contributed by atoms with E-state index in [4.69, 9.17) is 10.6 Å². The van der Waals surface area contributed by atoms with Crippen molar-refractivity contribution in [3.8, 4) is 5.88 Å². The topological polar surface area (TPSA) is 73.1 Å². The van der Waals surface area contributed by atoms with Gasteiger partial charge in [0.25, 0.3) is 0 Å². The minimum atomic E-state index is -4.24. The molecule has 0 radical (unpaired) electrons. The average Bonchev–Trinajstić information content (AvgIpc) is 2.48. The fourth-order valence-corrected chi connectivity index (χ4v) is 3.08. The van der Waals surface area contributed by atoms with Gasteiger partial charge in [-0.1, -0.05) is 12.8 Å². The van der Waals surface area contributed by atoms with E-state index >= 15 is 0 Å². The molecule has 0 saturated heterocycles. The molecule has 118 valence electrons. The van der Waals surface area contributed by atoms with Gasteiger partial charge in [-0.2, -0.15) is 13.2 Å². The highest BCUT2D eigenvalue weighted by Gasteiger charge is 2.48. The van der Waals surface area contributed by atoms with Gasteiger partial charge in [-0.15, -0.1) is 0 Å². The molecule has 3 N–H and O–H groups in total. The first-order valence-electron chi connectivity index (χ1n) is 6.86. The Bertz CT molecular complexity index is 469. The minimum Gasteiger partial charge on any atom is -0.480 e. The summed E-state index contributed by atoms with van der Waals surface area (Å²) in [5.74, 6) is 3.66. The molecule has 1 aromatic heterocycles. The Labute approximate surface area is 121 Å². The summed E-state index contributed by atoms with van der Waals surface area (Å²) >= 11 is 0. The third-order valence-electron chi connectivity index (χ3n) is 4.03. The number of nitrogens with one attached hydrogen (secondary N) is 1. The molecule has 8 heteroatoms. The first kappa shape index (κ1) is 16.0. The van der Waals surface area contributed by atoms with E-state index in [2.05, 4.69) is 15.4 Å². The monoisotopic (exact) mass is 304 g/mol. The van der Waals surface area contributed by atoms with Gasteiger partial charge in [0.15, 0.2) is 0 Å². The lowest BCUT2D eigenvalue weighted by molar-refractivity contribution is -0.199. The predicted molar refractivity (Wildman–Crippen MR) is 70.2 cm³/mol. The molecule has 2 rings (SSSR count). The quantitative estimate of drug-likeness (QED) is 0.660. The largest absolute Gasteiger partial charge is 0.480 e. The van der Waals surface area contributed by atoms with Crippen LogP contribution in [0.25, 0.3) is 0 Å². The van der Waals surface area contributed by atoms with E-state index in [1.165, 1.54) is 19.5 Å². The lowest BCUT2D eigenvalue weighted by Gasteiger charge is -2.37. The Morgan fingerprint density at radius 2 is 1.95 bits per heavy atom. The van der Waals surface area contributed by atoms with E-state index in [-0.39, 0.29) is 12.3 Å². The summed E-state index contributed by atoms with van der Waals surface area (Å²) in [5, 5.41) is 0. The number of halogens is 3. The third kappa shape index (κ3) is 3.44. The molecule has 1 saturated carbocycles. The molecule has 0 amide bonds. The second kappa shape index (κ2) is 6.57. The molecule has 1 aliphatic rings. The molecule has 0 bridgehead atoms. The first-order chi connectivity index (χ1) is 9.99. The van der Waals surface area contributed by atoms with Gasteiger partial charge in [0.1, 0.15) is 5.69 Å². The fourth-order valence-electron chi connectivity index (χ4n) is 3.08. The molecule has 21 heavy (non-hydrogen) atoms. The fraction of sp³-hybridized carbons (Fsp3) is 0.692. The number of ether oxygens (including phenoxy) is 1. The maximum atomic E-state index is 13.3. The van der Waals surface area contributed by atoms with Crippen molar-refractivity contribution in [1.29, 1.82) is 0 Å². The van der Waals surface area contributed by atoms with Gasteiger partial charge in [-0.3, -0.25) is 16.3 Å². The van der Waals surface area contributed by atoms with Crippen LogP contribution in [0.15, 0.2) is 12.4 Å². The molecule has 1 aromatic rings. The molecule has 3 atom stereocenters. The maximum absolute atomic E-state index is 13.3. The zero-order valence-electron chi connectivity index (χ0n) is 11.7. The highest BCUT2D eigenvalue weighted by Crippen LogP contribution is 2.46. The van der Waals surface area contributed by atoms with Gasteiger partial charge >= 0.3 is 6.18 Å². The lowest BCUT2D eigenvalue weighted by atomic mass is 9.74. The third-order valence-corrected chi connectivity index (χ3v) is 4.03. The van der Waals surface area contributed by atoms with E-state index in [9.17, 15) is 13.2 Å². The summed E-state index contributed by atoms with van der Waals surface area (Å²) in [5.41, 5.74) is 2.81. The Morgan fingerprint density at radius 3 is 2.57 bits per heavy atom. The van der Waals surface area contributed by atoms with Crippen LogP contribution in [0.3, 0.4) is 0 Å². The van der Waals surface area contributed by atoms with Crippen molar-refractivity contribution >= 4 is 0 Å². The van der Waals surface area contributed by atoms with Crippen molar-refractivity contribution < 1.29 is 17.9 Å². The molecule has 0 aromatic carbocycles. The van der Waals surface area contributed by atoms with E-state index in [0.717, 1.165) is 6.42 Å². The Morgan fingerprint density at radius 1 is 1.29 bits per heavy atom. The van der Waals surface area contributed by atoms with E-state index in [1.54, 1.807) is 0 Å². The maximum Gasteiger partial charge on any atom is 0.392 e. The standard InChI is InChI=1S/C13H19F3N4O/c1-21-12-11(18-6-7-19-12)10(20-17)8-4-2-3-5-9(8)13(14,15)16/h6-10,20H,2-5,17H2,1H3.